The van der Waals surface area contributed by atoms with Gasteiger partial charge in [-0.05, 0) is 32.0 Å². The second kappa shape index (κ2) is 8.80. The Morgan fingerprint density at radius 1 is 1.15 bits per heavy atom. The average molecular weight is 380 g/mol. The molecule has 0 spiro atoms. The van der Waals surface area contributed by atoms with Crippen LogP contribution in [0, 0.1) is 0 Å². The predicted octanol–water partition coefficient (Wildman–Crippen LogP) is 2.30. The molecule has 2 rings (SSSR count). The topological polar surface area (TPSA) is 86.8 Å². The van der Waals surface area contributed by atoms with Crippen LogP contribution in [0.3, 0.4) is 0 Å². The number of hydrogen-bond donors (Lipinski definition) is 1. The second-order valence-corrected chi connectivity index (χ2v) is 6.32. The van der Waals surface area contributed by atoms with Crippen molar-refractivity contribution in [3.63, 3.8) is 0 Å². The van der Waals surface area contributed by atoms with E-state index in [0.29, 0.717) is 24.3 Å². The van der Waals surface area contributed by atoms with Gasteiger partial charge in [-0.25, -0.2) is 0 Å². The maximum Gasteiger partial charge on any atom is 0.255 e. The van der Waals surface area contributed by atoms with E-state index in [1.807, 2.05) is 13.8 Å². The Hall–Kier alpha value is -2.41. The van der Waals surface area contributed by atoms with Crippen molar-refractivity contribution in [3.05, 3.63) is 28.8 Å². The van der Waals surface area contributed by atoms with Gasteiger partial charge in [0.1, 0.15) is 0 Å². The van der Waals surface area contributed by atoms with E-state index in [-0.39, 0.29) is 54.5 Å². The Kier molecular flexibility index (Phi) is 6.74. The smallest absolute Gasteiger partial charge is 0.255 e. The minimum absolute atomic E-state index is 0.00915. The van der Waals surface area contributed by atoms with Gasteiger partial charge in [-0.15, -0.1) is 0 Å². The molecule has 0 saturated carbocycles. The number of hydrogen-bond acceptors (Lipinski definition) is 4. The van der Waals surface area contributed by atoms with Gasteiger partial charge >= 0.3 is 0 Å². The molecule has 1 N–H and O–H groups in total. The molecule has 26 heavy (non-hydrogen) atoms. The first-order chi connectivity index (χ1) is 12.4. The largest absolute Gasteiger partial charge is 0.339 e. The summed E-state index contributed by atoms with van der Waals surface area (Å²) in [7, 11) is 0. The number of halogens is 1. The van der Waals surface area contributed by atoms with Gasteiger partial charge in [-0.1, -0.05) is 11.6 Å². The van der Waals surface area contributed by atoms with Crippen LogP contribution in [0.4, 0.5) is 5.69 Å². The van der Waals surface area contributed by atoms with E-state index in [4.69, 9.17) is 11.6 Å². The fourth-order valence-electron chi connectivity index (χ4n) is 2.76. The third-order valence-corrected chi connectivity index (χ3v) is 4.56. The Bertz CT molecular complexity index is 715. The molecule has 1 aliphatic rings. The molecule has 1 fully saturated rings. The molecular weight excluding hydrogens is 358 g/mol. The van der Waals surface area contributed by atoms with Crippen LogP contribution < -0.4 is 5.32 Å². The SMILES string of the molecule is CCN(CC)C(=O)c1ccc(NC(=O)CCN2C(=O)CCC2=O)cc1Cl. The van der Waals surface area contributed by atoms with Gasteiger partial charge in [0.05, 0.1) is 10.6 Å². The lowest BCUT2D eigenvalue weighted by Crippen LogP contribution is -2.32. The number of anilines is 1. The first-order valence-electron chi connectivity index (χ1n) is 8.59. The van der Waals surface area contributed by atoms with E-state index in [1.54, 1.807) is 17.0 Å². The maximum absolute atomic E-state index is 12.4. The highest BCUT2D eigenvalue weighted by Crippen LogP contribution is 2.23. The number of nitrogens with zero attached hydrogens (tertiary/aromatic N) is 2. The van der Waals surface area contributed by atoms with Gasteiger partial charge in [0.25, 0.3) is 5.91 Å². The van der Waals surface area contributed by atoms with Gasteiger partial charge < -0.3 is 10.2 Å². The third kappa shape index (κ3) is 4.60. The minimum atomic E-state index is -0.337. The van der Waals surface area contributed by atoms with Gasteiger partial charge in [-0.2, -0.15) is 0 Å². The van der Waals surface area contributed by atoms with Crippen molar-refractivity contribution in [3.8, 4) is 0 Å². The zero-order chi connectivity index (χ0) is 19.3. The molecule has 140 valence electrons. The van der Waals surface area contributed by atoms with Gasteiger partial charge in [0, 0.05) is 44.6 Å². The van der Waals surface area contributed by atoms with E-state index < -0.39 is 0 Å². The van der Waals surface area contributed by atoms with Gasteiger partial charge in [0.2, 0.25) is 17.7 Å². The molecule has 1 aromatic carbocycles. The Morgan fingerprint density at radius 2 is 1.77 bits per heavy atom. The van der Waals surface area contributed by atoms with Crippen LogP contribution in [-0.2, 0) is 14.4 Å². The lowest BCUT2D eigenvalue weighted by atomic mass is 10.1. The molecule has 0 radical (unpaired) electrons. The van der Waals surface area contributed by atoms with Gasteiger partial charge in [-0.3, -0.25) is 24.1 Å². The number of carbonyl (C=O) groups excluding carboxylic acids is 4. The van der Waals surface area contributed by atoms with E-state index >= 15 is 0 Å². The zero-order valence-corrected chi connectivity index (χ0v) is 15.6. The van der Waals surface area contributed by atoms with Crippen LogP contribution >= 0.6 is 11.6 Å². The molecule has 0 atom stereocenters. The number of benzene rings is 1. The summed E-state index contributed by atoms with van der Waals surface area (Å²) in [5.74, 6) is -0.990. The number of likely N-dealkylation sites (tertiary alicyclic amines) is 1. The summed E-state index contributed by atoms with van der Waals surface area (Å²) >= 11 is 6.19. The molecule has 0 unspecified atom stereocenters. The summed E-state index contributed by atoms with van der Waals surface area (Å²) in [5.41, 5.74) is 0.830. The quantitative estimate of drug-likeness (QED) is 0.736. The molecule has 4 amide bonds. The number of imide groups is 1. The van der Waals surface area contributed by atoms with Crippen molar-refractivity contribution in [2.75, 3.05) is 25.0 Å². The van der Waals surface area contributed by atoms with E-state index in [1.165, 1.54) is 6.07 Å². The predicted molar refractivity (Wildman–Crippen MR) is 97.9 cm³/mol. The number of carbonyl (C=O) groups is 4. The Morgan fingerprint density at radius 3 is 2.31 bits per heavy atom. The van der Waals surface area contributed by atoms with Crippen molar-refractivity contribution < 1.29 is 19.2 Å². The summed E-state index contributed by atoms with van der Waals surface area (Å²) in [5, 5.41) is 2.92. The highest BCUT2D eigenvalue weighted by atomic mass is 35.5. The summed E-state index contributed by atoms with van der Waals surface area (Å²) in [6.07, 6.45) is 0.422. The highest BCUT2D eigenvalue weighted by molar-refractivity contribution is 6.34. The standard InChI is InChI=1S/C18H22ClN3O4/c1-3-21(4-2)18(26)13-6-5-12(11-14(13)19)20-15(23)9-10-22-16(24)7-8-17(22)25/h5-6,11H,3-4,7-10H2,1-2H3,(H,20,23). The molecule has 0 aliphatic carbocycles. The number of nitrogens with one attached hydrogen (secondary N) is 1. The minimum Gasteiger partial charge on any atom is -0.339 e. The van der Waals surface area contributed by atoms with Gasteiger partial charge in [0.15, 0.2) is 0 Å². The van der Waals surface area contributed by atoms with Crippen molar-refractivity contribution in [2.45, 2.75) is 33.1 Å². The van der Waals surface area contributed by atoms with Crippen LogP contribution in [0.25, 0.3) is 0 Å². The van der Waals surface area contributed by atoms with Crippen molar-refractivity contribution in [1.29, 1.82) is 0 Å². The molecule has 0 aromatic heterocycles. The molecule has 8 heteroatoms. The molecule has 1 saturated heterocycles. The molecule has 1 heterocycles. The van der Waals surface area contributed by atoms with Crippen molar-refractivity contribution in [2.24, 2.45) is 0 Å². The van der Waals surface area contributed by atoms with E-state index in [9.17, 15) is 19.2 Å². The zero-order valence-electron chi connectivity index (χ0n) is 14.9. The number of amides is 4. The highest BCUT2D eigenvalue weighted by Gasteiger charge is 2.28. The fourth-order valence-corrected chi connectivity index (χ4v) is 3.02. The van der Waals surface area contributed by atoms with Crippen LogP contribution in [0.1, 0.15) is 43.5 Å². The third-order valence-electron chi connectivity index (χ3n) is 4.25. The fraction of sp³-hybridized carbons (Fsp3) is 0.444. The average Bonchev–Trinajstić information content (AvgIpc) is 2.92. The van der Waals surface area contributed by atoms with Crippen molar-refractivity contribution >= 4 is 40.9 Å². The first kappa shape index (κ1) is 19.9. The monoisotopic (exact) mass is 379 g/mol. The molecule has 1 aliphatic heterocycles. The first-order valence-corrected chi connectivity index (χ1v) is 8.97. The molecule has 1 aromatic rings. The Balaban J connectivity index is 1.96. The Labute approximate surface area is 157 Å². The summed E-state index contributed by atoms with van der Waals surface area (Å²) in [6.45, 7) is 5.01. The van der Waals surface area contributed by atoms with Crippen LogP contribution in [0.2, 0.25) is 5.02 Å². The van der Waals surface area contributed by atoms with E-state index in [2.05, 4.69) is 5.32 Å². The summed E-state index contributed by atoms with van der Waals surface area (Å²) < 4.78 is 0. The maximum atomic E-state index is 12.4. The van der Waals surface area contributed by atoms with Crippen LogP contribution in [-0.4, -0.2) is 53.1 Å². The normalized spacial score (nSPS) is 13.9. The lowest BCUT2D eigenvalue weighted by molar-refractivity contribution is -0.138. The van der Waals surface area contributed by atoms with Crippen LogP contribution in [0.5, 0.6) is 0 Å². The summed E-state index contributed by atoms with van der Waals surface area (Å²) in [6, 6.07) is 4.70. The van der Waals surface area contributed by atoms with Crippen molar-refractivity contribution in [1.82, 2.24) is 9.80 Å². The lowest BCUT2D eigenvalue weighted by Gasteiger charge is -2.19. The molecule has 7 nitrogen and oxygen atoms in total. The summed E-state index contributed by atoms with van der Waals surface area (Å²) in [4.78, 5) is 50.2. The molecular formula is C18H22ClN3O4. The van der Waals surface area contributed by atoms with E-state index in [0.717, 1.165) is 4.90 Å². The van der Waals surface area contributed by atoms with Crippen LogP contribution in [0.15, 0.2) is 18.2 Å². The second-order valence-electron chi connectivity index (χ2n) is 5.91. The number of rotatable bonds is 7. The molecule has 0 bridgehead atoms.